The van der Waals surface area contributed by atoms with Crippen molar-refractivity contribution in [2.75, 3.05) is 40.0 Å². The van der Waals surface area contributed by atoms with E-state index >= 15 is 0 Å². The van der Waals surface area contributed by atoms with E-state index < -0.39 is 5.97 Å². The first-order valence-corrected chi connectivity index (χ1v) is 11.5. The number of hydrogen-bond donors (Lipinski definition) is 0. The third-order valence-corrected chi connectivity index (χ3v) is 5.61. The van der Waals surface area contributed by atoms with E-state index in [4.69, 9.17) is 18.9 Å². The topological polar surface area (TPSA) is 98.1 Å². The van der Waals surface area contributed by atoms with Crippen LogP contribution in [0.4, 0.5) is 0 Å². The molecule has 9 heteroatoms. The molecule has 1 amide bonds. The molecule has 0 aromatic heterocycles. The first kappa shape index (κ1) is 25.3. The molecule has 1 heterocycles. The molecule has 0 bridgehead atoms. The third kappa shape index (κ3) is 6.59. The molecule has 8 nitrogen and oxygen atoms in total. The Morgan fingerprint density at radius 2 is 1.88 bits per heavy atom. The summed E-state index contributed by atoms with van der Waals surface area (Å²) in [5, 5.41) is 9.48. The summed E-state index contributed by atoms with van der Waals surface area (Å²) in [5.74, 6) is 0.168. The number of esters is 1. The number of nitrogens with zero attached hydrogens (tertiary/aromatic N) is 2. The Bertz CT molecular complexity index is 1120. The van der Waals surface area contributed by atoms with Crippen LogP contribution in [0.1, 0.15) is 18.1 Å². The first-order chi connectivity index (χ1) is 16.4. The Labute approximate surface area is 206 Å². The molecular weight excluding hydrogens is 504 g/mol. The van der Waals surface area contributed by atoms with Gasteiger partial charge in [0, 0.05) is 17.6 Å². The molecule has 1 aliphatic heterocycles. The number of rotatable bonds is 8. The quantitative estimate of drug-likeness (QED) is 0.222. The molecule has 2 aromatic carbocycles. The van der Waals surface area contributed by atoms with E-state index in [-0.39, 0.29) is 29.6 Å². The fourth-order valence-electron chi connectivity index (χ4n) is 3.36. The zero-order valence-corrected chi connectivity index (χ0v) is 20.6. The molecule has 0 unspecified atom stereocenters. The number of carbonyl (C=O) groups is 2. The summed E-state index contributed by atoms with van der Waals surface area (Å²) in [5.41, 5.74) is 1.53. The van der Waals surface area contributed by atoms with Gasteiger partial charge in [-0.25, -0.2) is 4.79 Å². The largest absolute Gasteiger partial charge is 0.493 e. The van der Waals surface area contributed by atoms with Crippen LogP contribution in [-0.4, -0.2) is 56.8 Å². The monoisotopic (exact) mass is 528 g/mol. The zero-order valence-electron chi connectivity index (χ0n) is 19.0. The van der Waals surface area contributed by atoms with E-state index in [0.29, 0.717) is 37.6 Å². The lowest BCUT2D eigenvalue weighted by molar-refractivity contribution is -0.136. The lowest BCUT2D eigenvalue weighted by Gasteiger charge is -2.26. The Balaban J connectivity index is 1.68. The molecule has 0 radical (unpaired) electrons. The molecular formula is C25H25BrN2O6. The van der Waals surface area contributed by atoms with E-state index in [1.54, 1.807) is 29.2 Å². The highest BCUT2D eigenvalue weighted by atomic mass is 79.9. The molecule has 0 aliphatic carbocycles. The number of benzene rings is 2. The predicted octanol–water partition coefficient (Wildman–Crippen LogP) is 3.77. The van der Waals surface area contributed by atoms with E-state index in [1.807, 2.05) is 25.1 Å². The molecule has 3 rings (SSSR count). The van der Waals surface area contributed by atoms with E-state index in [9.17, 15) is 14.9 Å². The summed E-state index contributed by atoms with van der Waals surface area (Å²) < 4.78 is 22.6. The van der Waals surface area contributed by atoms with Gasteiger partial charge in [0.2, 0.25) is 0 Å². The van der Waals surface area contributed by atoms with Crippen LogP contribution in [-0.2, 0) is 20.7 Å². The summed E-state index contributed by atoms with van der Waals surface area (Å²) in [6.07, 6.45) is 2.24. The van der Waals surface area contributed by atoms with Crippen LogP contribution in [0.15, 0.2) is 46.4 Å². The van der Waals surface area contributed by atoms with Crippen molar-refractivity contribution < 1.29 is 28.5 Å². The van der Waals surface area contributed by atoms with Crippen molar-refractivity contribution in [2.24, 2.45) is 0 Å². The van der Waals surface area contributed by atoms with Crippen molar-refractivity contribution in [1.29, 1.82) is 5.26 Å². The normalized spacial score (nSPS) is 13.7. The van der Waals surface area contributed by atoms with Crippen LogP contribution < -0.4 is 14.2 Å². The highest BCUT2D eigenvalue weighted by Gasteiger charge is 2.21. The molecule has 2 aromatic rings. The average Bonchev–Trinajstić information content (AvgIpc) is 2.87. The molecule has 178 valence electrons. The Hall–Kier alpha value is -3.35. The lowest BCUT2D eigenvalue weighted by atomic mass is 10.1. The number of halogens is 1. The van der Waals surface area contributed by atoms with E-state index in [1.165, 1.54) is 13.2 Å². The fraction of sp³-hybridized carbons (Fsp3) is 0.320. The molecule has 1 fully saturated rings. The van der Waals surface area contributed by atoms with E-state index in [0.717, 1.165) is 16.5 Å². The summed E-state index contributed by atoms with van der Waals surface area (Å²) in [4.78, 5) is 26.6. The maximum atomic E-state index is 12.6. The van der Waals surface area contributed by atoms with Gasteiger partial charge in [-0.15, -0.1) is 0 Å². The third-order valence-electron chi connectivity index (χ3n) is 5.12. The van der Waals surface area contributed by atoms with Crippen LogP contribution >= 0.6 is 15.9 Å². The van der Waals surface area contributed by atoms with Crippen LogP contribution in [0.3, 0.4) is 0 Å². The number of nitriles is 1. The minimum Gasteiger partial charge on any atom is -0.493 e. The summed E-state index contributed by atoms with van der Waals surface area (Å²) in [6, 6.07) is 12.3. The van der Waals surface area contributed by atoms with Crippen LogP contribution in [0.5, 0.6) is 17.2 Å². The minimum absolute atomic E-state index is 0.00308. The van der Waals surface area contributed by atoms with Crippen molar-refractivity contribution in [2.45, 2.75) is 13.3 Å². The summed E-state index contributed by atoms with van der Waals surface area (Å²) in [7, 11) is 1.44. The number of aryl methyl sites for hydroxylation is 1. The van der Waals surface area contributed by atoms with Gasteiger partial charge in [-0.2, -0.15) is 5.26 Å². The maximum Gasteiger partial charge on any atom is 0.349 e. The van der Waals surface area contributed by atoms with Crippen molar-refractivity contribution in [3.05, 3.63) is 57.6 Å². The molecule has 0 atom stereocenters. The number of carbonyl (C=O) groups excluding carboxylic acids is 2. The van der Waals surface area contributed by atoms with Gasteiger partial charge < -0.3 is 23.8 Å². The number of ether oxygens (including phenoxy) is 4. The molecule has 1 saturated heterocycles. The number of methoxy groups -OCH3 is 1. The van der Waals surface area contributed by atoms with Gasteiger partial charge in [-0.05, 0) is 54.0 Å². The average molecular weight is 529 g/mol. The molecule has 0 saturated carbocycles. The van der Waals surface area contributed by atoms with Gasteiger partial charge >= 0.3 is 5.97 Å². The summed E-state index contributed by atoms with van der Waals surface area (Å²) >= 11 is 3.42. The lowest BCUT2D eigenvalue weighted by Crippen LogP contribution is -2.41. The zero-order chi connectivity index (χ0) is 24.5. The smallest absolute Gasteiger partial charge is 0.349 e. The summed E-state index contributed by atoms with van der Waals surface area (Å²) in [6.45, 7) is 3.51. The van der Waals surface area contributed by atoms with Gasteiger partial charge in [0.1, 0.15) is 17.4 Å². The van der Waals surface area contributed by atoms with E-state index in [2.05, 4.69) is 15.9 Å². The Morgan fingerprint density at radius 1 is 1.15 bits per heavy atom. The second-order valence-electron chi connectivity index (χ2n) is 7.35. The SMILES string of the molecule is CCc1cc(Br)ccc1OCC(=O)Oc1ccc(/C=C(\C#N)C(=O)N2CCOCC2)cc1OC. The molecule has 1 aliphatic rings. The fourth-order valence-corrected chi connectivity index (χ4v) is 3.77. The standard InChI is InChI=1S/C25H25BrN2O6/c1-3-18-14-20(26)5-7-21(18)33-16-24(29)34-22-6-4-17(13-23(22)31-2)12-19(15-27)25(30)28-8-10-32-11-9-28/h4-7,12-14H,3,8-11,16H2,1-2H3/b19-12+. The second kappa shape index (κ2) is 12.2. The van der Waals surface area contributed by atoms with Crippen LogP contribution in [0.25, 0.3) is 6.08 Å². The Kier molecular flexibility index (Phi) is 9.08. The van der Waals surface area contributed by atoms with Crippen molar-refractivity contribution in [3.8, 4) is 23.3 Å². The highest BCUT2D eigenvalue weighted by molar-refractivity contribution is 9.10. The number of hydrogen-bond acceptors (Lipinski definition) is 7. The predicted molar refractivity (Wildman–Crippen MR) is 129 cm³/mol. The minimum atomic E-state index is -0.591. The number of morpholine rings is 1. The number of amides is 1. The highest BCUT2D eigenvalue weighted by Crippen LogP contribution is 2.30. The van der Waals surface area contributed by atoms with Gasteiger partial charge in [-0.1, -0.05) is 28.9 Å². The van der Waals surface area contributed by atoms with Crippen LogP contribution in [0, 0.1) is 11.3 Å². The molecule has 0 N–H and O–H groups in total. The maximum absolute atomic E-state index is 12.6. The molecule has 0 spiro atoms. The van der Waals surface area contributed by atoms with Crippen molar-refractivity contribution in [3.63, 3.8) is 0 Å². The van der Waals surface area contributed by atoms with Crippen molar-refractivity contribution in [1.82, 2.24) is 4.90 Å². The Morgan fingerprint density at radius 3 is 2.56 bits per heavy atom. The first-order valence-electron chi connectivity index (χ1n) is 10.7. The van der Waals surface area contributed by atoms with Crippen LogP contribution in [0.2, 0.25) is 0 Å². The van der Waals surface area contributed by atoms with Crippen molar-refractivity contribution >= 4 is 33.9 Å². The molecule has 34 heavy (non-hydrogen) atoms. The van der Waals surface area contributed by atoms with Gasteiger partial charge in [0.15, 0.2) is 18.1 Å². The van der Waals surface area contributed by atoms with Gasteiger partial charge in [0.05, 0.1) is 20.3 Å². The van der Waals surface area contributed by atoms with Gasteiger partial charge in [-0.3, -0.25) is 4.79 Å². The second-order valence-corrected chi connectivity index (χ2v) is 8.27. The van der Waals surface area contributed by atoms with Gasteiger partial charge in [0.25, 0.3) is 5.91 Å².